The number of halogens is 1. The molecule has 0 spiro atoms. The normalized spacial score (nSPS) is 20.1. The highest BCUT2D eigenvalue weighted by atomic mass is 35.5. The van der Waals surface area contributed by atoms with Gasteiger partial charge in [-0.15, -0.1) is 0 Å². The molecular formula is C14H19ClN2O2. The molecule has 2 heterocycles. The van der Waals surface area contributed by atoms with E-state index in [0.717, 1.165) is 61.2 Å². The van der Waals surface area contributed by atoms with Crippen molar-refractivity contribution in [2.75, 3.05) is 39.4 Å². The summed E-state index contributed by atoms with van der Waals surface area (Å²) in [6.45, 7) is 6.49. The molecule has 0 bridgehead atoms. The average molecular weight is 283 g/mol. The second-order valence-corrected chi connectivity index (χ2v) is 5.37. The van der Waals surface area contributed by atoms with Crippen LogP contribution in [0.5, 0.6) is 11.5 Å². The van der Waals surface area contributed by atoms with Crippen LogP contribution < -0.4 is 14.8 Å². The van der Waals surface area contributed by atoms with Crippen LogP contribution in [0.15, 0.2) is 12.1 Å². The second-order valence-electron chi connectivity index (χ2n) is 4.97. The molecule has 0 unspecified atom stereocenters. The van der Waals surface area contributed by atoms with E-state index in [1.165, 1.54) is 0 Å². The molecule has 0 aliphatic carbocycles. The smallest absolute Gasteiger partial charge is 0.162 e. The molecule has 0 aromatic heterocycles. The van der Waals surface area contributed by atoms with Gasteiger partial charge in [-0.2, -0.15) is 0 Å². The number of hydrogen-bond donors (Lipinski definition) is 1. The van der Waals surface area contributed by atoms with Gasteiger partial charge in [-0.3, -0.25) is 4.90 Å². The van der Waals surface area contributed by atoms with E-state index in [4.69, 9.17) is 21.1 Å². The Morgan fingerprint density at radius 1 is 1.11 bits per heavy atom. The monoisotopic (exact) mass is 282 g/mol. The quantitative estimate of drug-likeness (QED) is 0.898. The average Bonchev–Trinajstić information content (AvgIpc) is 2.65. The molecule has 4 nitrogen and oxygen atoms in total. The van der Waals surface area contributed by atoms with Crippen molar-refractivity contribution in [2.24, 2.45) is 0 Å². The molecule has 1 aromatic carbocycles. The van der Waals surface area contributed by atoms with Gasteiger partial charge in [0.05, 0.1) is 13.2 Å². The second kappa shape index (κ2) is 5.99. The molecular weight excluding hydrogens is 264 g/mol. The molecule has 1 saturated heterocycles. The van der Waals surface area contributed by atoms with Gasteiger partial charge < -0.3 is 14.8 Å². The summed E-state index contributed by atoms with van der Waals surface area (Å²) in [6, 6.07) is 3.92. The van der Waals surface area contributed by atoms with Gasteiger partial charge in [-0.1, -0.05) is 11.6 Å². The predicted molar refractivity (Wildman–Crippen MR) is 75.2 cm³/mol. The fraction of sp³-hybridized carbons (Fsp3) is 0.571. The first-order valence-electron chi connectivity index (χ1n) is 6.84. The Labute approximate surface area is 118 Å². The number of nitrogens with one attached hydrogen (secondary N) is 1. The highest BCUT2D eigenvalue weighted by Gasteiger charge is 2.17. The maximum absolute atomic E-state index is 6.36. The topological polar surface area (TPSA) is 33.7 Å². The van der Waals surface area contributed by atoms with E-state index in [1.54, 1.807) is 0 Å². The summed E-state index contributed by atoms with van der Waals surface area (Å²) in [7, 11) is 0. The largest absolute Gasteiger partial charge is 0.490 e. The minimum absolute atomic E-state index is 0.695. The van der Waals surface area contributed by atoms with E-state index in [2.05, 4.69) is 10.2 Å². The molecule has 3 rings (SSSR count). The van der Waals surface area contributed by atoms with Gasteiger partial charge >= 0.3 is 0 Å². The summed E-state index contributed by atoms with van der Waals surface area (Å²) in [5.74, 6) is 1.60. The molecule has 0 saturated carbocycles. The van der Waals surface area contributed by atoms with Crippen LogP contribution in [0, 0.1) is 0 Å². The molecule has 1 N–H and O–H groups in total. The number of hydrogen-bond acceptors (Lipinski definition) is 4. The lowest BCUT2D eigenvalue weighted by Crippen LogP contribution is -2.42. The Kier molecular flexibility index (Phi) is 4.11. The van der Waals surface area contributed by atoms with Gasteiger partial charge in [0.15, 0.2) is 11.5 Å². The first kappa shape index (κ1) is 13.0. The first-order valence-corrected chi connectivity index (χ1v) is 7.22. The van der Waals surface area contributed by atoms with Gasteiger partial charge in [-0.25, -0.2) is 0 Å². The third kappa shape index (κ3) is 3.14. The SMILES string of the molecule is Clc1cc2c(cc1CN1CCNCC1)OCCCO2. The van der Waals surface area contributed by atoms with Crippen molar-refractivity contribution in [1.82, 2.24) is 10.2 Å². The molecule has 5 heteroatoms. The fourth-order valence-corrected chi connectivity index (χ4v) is 2.67. The third-order valence-corrected chi connectivity index (χ3v) is 3.87. The zero-order chi connectivity index (χ0) is 13.1. The van der Waals surface area contributed by atoms with Crippen LogP contribution in [0.3, 0.4) is 0 Å². The van der Waals surface area contributed by atoms with Crippen molar-refractivity contribution in [3.05, 3.63) is 22.7 Å². The molecule has 0 amide bonds. The van der Waals surface area contributed by atoms with E-state index in [1.807, 2.05) is 12.1 Å². The van der Waals surface area contributed by atoms with Crippen molar-refractivity contribution in [3.8, 4) is 11.5 Å². The third-order valence-electron chi connectivity index (χ3n) is 3.52. The van der Waals surface area contributed by atoms with Crippen molar-refractivity contribution < 1.29 is 9.47 Å². The van der Waals surface area contributed by atoms with Crippen molar-refractivity contribution in [1.29, 1.82) is 0 Å². The predicted octanol–water partition coefficient (Wildman–Crippen LogP) is 1.91. The summed E-state index contributed by atoms with van der Waals surface area (Å²) < 4.78 is 11.4. The van der Waals surface area contributed by atoms with Crippen LogP contribution >= 0.6 is 11.6 Å². The van der Waals surface area contributed by atoms with Gasteiger partial charge in [0, 0.05) is 50.2 Å². The Hall–Kier alpha value is -0.970. The van der Waals surface area contributed by atoms with E-state index in [-0.39, 0.29) is 0 Å². The zero-order valence-corrected chi connectivity index (χ0v) is 11.7. The number of rotatable bonds is 2. The Bertz CT molecular complexity index is 447. The van der Waals surface area contributed by atoms with Crippen molar-refractivity contribution in [3.63, 3.8) is 0 Å². The summed E-state index contributed by atoms with van der Waals surface area (Å²) in [5.41, 5.74) is 1.12. The fourth-order valence-electron chi connectivity index (χ4n) is 2.46. The van der Waals surface area contributed by atoms with E-state index >= 15 is 0 Å². The summed E-state index contributed by atoms with van der Waals surface area (Å²) >= 11 is 6.36. The Morgan fingerprint density at radius 2 is 1.79 bits per heavy atom. The van der Waals surface area contributed by atoms with Crippen LogP contribution in [0.25, 0.3) is 0 Å². The number of fused-ring (bicyclic) bond motifs is 1. The van der Waals surface area contributed by atoms with Gasteiger partial charge in [0.25, 0.3) is 0 Å². The van der Waals surface area contributed by atoms with Crippen LogP contribution in [-0.2, 0) is 6.54 Å². The van der Waals surface area contributed by atoms with Gasteiger partial charge in [-0.05, 0) is 11.6 Å². The highest BCUT2D eigenvalue weighted by Crippen LogP contribution is 2.35. The van der Waals surface area contributed by atoms with E-state index < -0.39 is 0 Å². The van der Waals surface area contributed by atoms with E-state index in [9.17, 15) is 0 Å². The van der Waals surface area contributed by atoms with Gasteiger partial charge in [0.1, 0.15) is 0 Å². The first-order chi connectivity index (χ1) is 9.33. The van der Waals surface area contributed by atoms with Crippen LogP contribution in [0.4, 0.5) is 0 Å². The van der Waals surface area contributed by atoms with Crippen molar-refractivity contribution >= 4 is 11.6 Å². The number of ether oxygens (including phenoxy) is 2. The molecule has 104 valence electrons. The van der Waals surface area contributed by atoms with Crippen LogP contribution in [0.1, 0.15) is 12.0 Å². The van der Waals surface area contributed by atoms with Crippen molar-refractivity contribution in [2.45, 2.75) is 13.0 Å². The Morgan fingerprint density at radius 3 is 2.53 bits per heavy atom. The zero-order valence-electron chi connectivity index (χ0n) is 11.0. The lowest BCUT2D eigenvalue weighted by atomic mass is 10.1. The maximum atomic E-state index is 6.36. The van der Waals surface area contributed by atoms with Gasteiger partial charge in [0.2, 0.25) is 0 Å². The number of piperazine rings is 1. The van der Waals surface area contributed by atoms with Crippen LogP contribution in [-0.4, -0.2) is 44.3 Å². The lowest BCUT2D eigenvalue weighted by Gasteiger charge is -2.27. The number of nitrogens with zero attached hydrogens (tertiary/aromatic N) is 1. The lowest BCUT2D eigenvalue weighted by molar-refractivity contribution is 0.232. The highest BCUT2D eigenvalue weighted by molar-refractivity contribution is 6.31. The van der Waals surface area contributed by atoms with Crippen LogP contribution in [0.2, 0.25) is 5.02 Å². The summed E-state index contributed by atoms with van der Waals surface area (Å²) in [5, 5.41) is 4.12. The summed E-state index contributed by atoms with van der Waals surface area (Å²) in [6.07, 6.45) is 0.916. The maximum Gasteiger partial charge on any atom is 0.162 e. The molecule has 2 aliphatic rings. The minimum atomic E-state index is 0.695. The molecule has 2 aliphatic heterocycles. The molecule has 1 fully saturated rings. The molecule has 19 heavy (non-hydrogen) atoms. The molecule has 0 atom stereocenters. The van der Waals surface area contributed by atoms with E-state index in [0.29, 0.717) is 13.2 Å². The summed E-state index contributed by atoms with van der Waals surface area (Å²) in [4.78, 5) is 2.40. The minimum Gasteiger partial charge on any atom is -0.490 e. The number of benzene rings is 1. The Balaban J connectivity index is 1.78. The standard InChI is InChI=1S/C14H19ClN2O2/c15-12-9-14-13(18-6-1-7-19-14)8-11(12)10-17-4-2-16-3-5-17/h8-9,16H,1-7,10H2. The molecule has 1 aromatic rings. The molecule has 0 radical (unpaired) electrons.